The average Bonchev–Trinajstić information content (AvgIpc) is 2.08. The summed E-state index contributed by atoms with van der Waals surface area (Å²) in [6.45, 7) is 0. The molecule has 4 nitrogen and oxygen atoms in total. The van der Waals surface area contributed by atoms with Crippen LogP contribution in [0, 0.1) is 0 Å². The number of nitrogens with two attached hydrogens (primary N) is 1. The van der Waals surface area contributed by atoms with E-state index >= 15 is 0 Å². The van der Waals surface area contributed by atoms with Gasteiger partial charge in [-0.3, -0.25) is 9.59 Å². The van der Waals surface area contributed by atoms with Gasteiger partial charge in [0.15, 0.2) is 6.29 Å². The van der Waals surface area contributed by atoms with E-state index in [1.54, 1.807) is 0 Å². The van der Waals surface area contributed by atoms with Crippen LogP contribution in [0.1, 0.15) is 10.4 Å². The van der Waals surface area contributed by atoms with Crippen molar-refractivity contribution in [3.63, 3.8) is 0 Å². The zero-order valence-electron chi connectivity index (χ0n) is 6.15. The first kappa shape index (κ1) is 8.26. The first-order chi connectivity index (χ1) is 5.65. The van der Waals surface area contributed by atoms with Gasteiger partial charge in [0, 0.05) is 5.69 Å². The Balaban J connectivity index is 3.22. The number of aldehydes is 1. The Bertz CT molecular complexity index is 333. The third-order valence-electron chi connectivity index (χ3n) is 1.39. The van der Waals surface area contributed by atoms with Gasteiger partial charge in [-0.1, -0.05) is 0 Å². The van der Waals surface area contributed by atoms with E-state index in [0.717, 1.165) is 0 Å². The first-order valence-electron chi connectivity index (χ1n) is 3.23. The van der Waals surface area contributed by atoms with Crippen LogP contribution in [0.4, 0.5) is 5.69 Å². The number of carbonyl (C=O) groups is 2. The Morgan fingerprint density at radius 2 is 2.17 bits per heavy atom. The molecule has 0 fully saturated rings. The smallest absolute Gasteiger partial charge is 0.229 e. The monoisotopic (exact) mass is 165 g/mol. The standard InChI is InChI=1S/C8H7NO3/c9-5-1-2-7(11)6(3-5)8(12)4-10/h1-4,11H,9H2. The van der Waals surface area contributed by atoms with E-state index in [9.17, 15) is 9.59 Å². The number of ketones is 1. The fraction of sp³-hybridized carbons (Fsp3) is 0. The van der Waals surface area contributed by atoms with Crippen LogP contribution in [0.15, 0.2) is 18.2 Å². The van der Waals surface area contributed by atoms with Crippen LogP contribution in [-0.4, -0.2) is 17.2 Å². The molecule has 4 heteroatoms. The van der Waals surface area contributed by atoms with E-state index in [4.69, 9.17) is 10.8 Å². The fourth-order valence-corrected chi connectivity index (χ4v) is 0.814. The molecule has 0 unspecified atom stereocenters. The van der Waals surface area contributed by atoms with Crippen molar-refractivity contribution < 1.29 is 14.7 Å². The SMILES string of the molecule is Nc1ccc(O)c(C(=O)C=O)c1. The van der Waals surface area contributed by atoms with Crippen LogP contribution in [0.25, 0.3) is 0 Å². The average molecular weight is 165 g/mol. The van der Waals surface area contributed by atoms with Crippen molar-refractivity contribution >= 4 is 17.8 Å². The number of hydrogen-bond acceptors (Lipinski definition) is 4. The summed E-state index contributed by atoms with van der Waals surface area (Å²) >= 11 is 0. The summed E-state index contributed by atoms with van der Waals surface area (Å²) in [5.41, 5.74) is 5.61. The molecular formula is C8H7NO3. The molecule has 62 valence electrons. The van der Waals surface area contributed by atoms with Crippen molar-refractivity contribution in [2.24, 2.45) is 0 Å². The van der Waals surface area contributed by atoms with Gasteiger partial charge in [-0.15, -0.1) is 0 Å². The van der Waals surface area contributed by atoms with E-state index < -0.39 is 5.78 Å². The fourth-order valence-electron chi connectivity index (χ4n) is 0.814. The molecule has 1 aromatic carbocycles. The van der Waals surface area contributed by atoms with E-state index in [2.05, 4.69) is 0 Å². The maximum absolute atomic E-state index is 10.8. The number of hydrogen-bond donors (Lipinski definition) is 2. The summed E-state index contributed by atoms with van der Waals surface area (Å²) < 4.78 is 0. The Hall–Kier alpha value is -1.84. The summed E-state index contributed by atoms with van der Waals surface area (Å²) in [6, 6.07) is 3.97. The lowest BCUT2D eigenvalue weighted by Crippen LogP contribution is -2.01. The number of nitrogen functional groups attached to an aromatic ring is 1. The molecule has 3 N–H and O–H groups in total. The molecule has 12 heavy (non-hydrogen) atoms. The highest BCUT2D eigenvalue weighted by molar-refractivity contribution is 6.34. The second-order valence-corrected chi connectivity index (χ2v) is 2.26. The predicted molar refractivity (Wildman–Crippen MR) is 42.9 cm³/mol. The highest BCUT2D eigenvalue weighted by Gasteiger charge is 2.09. The predicted octanol–water partition coefficient (Wildman–Crippen LogP) is 0.356. The summed E-state index contributed by atoms with van der Waals surface area (Å²) in [6.07, 6.45) is 0.133. The maximum Gasteiger partial charge on any atom is 0.229 e. The van der Waals surface area contributed by atoms with Gasteiger partial charge in [-0.05, 0) is 18.2 Å². The minimum Gasteiger partial charge on any atom is -0.507 e. The molecule has 0 aromatic heterocycles. The van der Waals surface area contributed by atoms with Crippen molar-refractivity contribution in [2.45, 2.75) is 0 Å². The van der Waals surface area contributed by atoms with Gasteiger partial charge in [-0.2, -0.15) is 0 Å². The lowest BCUT2D eigenvalue weighted by molar-refractivity contribution is -0.104. The largest absolute Gasteiger partial charge is 0.507 e. The summed E-state index contributed by atoms with van der Waals surface area (Å²) in [5.74, 6) is -1.01. The van der Waals surface area contributed by atoms with Crippen molar-refractivity contribution in [3.8, 4) is 5.75 Å². The molecule has 0 heterocycles. The number of aromatic hydroxyl groups is 1. The zero-order valence-corrected chi connectivity index (χ0v) is 6.15. The van der Waals surface area contributed by atoms with Gasteiger partial charge in [0.1, 0.15) is 5.75 Å². The number of Topliss-reactive ketones (excluding diaryl/α,β-unsaturated/α-hetero) is 1. The lowest BCUT2D eigenvalue weighted by Gasteiger charge is -1.99. The third-order valence-corrected chi connectivity index (χ3v) is 1.39. The summed E-state index contributed by atoms with van der Waals surface area (Å²) in [5, 5.41) is 9.10. The van der Waals surface area contributed by atoms with Crippen LogP contribution in [0.2, 0.25) is 0 Å². The molecule has 0 aliphatic heterocycles. The molecule has 0 radical (unpaired) electrons. The Kier molecular flexibility index (Phi) is 2.09. The normalized spacial score (nSPS) is 9.33. The van der Waals surface area contributed by atoms with E-state index in [1.807, 2.05) is 0 Å². The molecule has 0 bridgehead atoms. The Morgan fingerprint density at radius 1 is 1.50 bits per heavy atom. The molecule has 0 amide bonds. The van der Waals surface area contributed by atoms with Crippen molar-refractivity contribution in [1.82, 2.24) is 0 Å². The van der Waals surface area contributed by atoms with Gasteiger partial charge in [0.25, 0.3) is 0 Å². The lowest BCUT2D eigenvalue weighted by atomic mass is 10.1. The van der Waals surface area contributed by atoms with Gasteiger partial charge < -0.3 is 10.8 Å². The number of carbonyl (C=O) groups excluding carboxylic acids is 2. The van der Waals surface area contributed by atoms with Crippen LogP contribution in [0.5, 0.6) is 5.75 Å². The number of anilines is 1. The van der Waals surface area contributed by atoms with Crippen molar-refractivity contribution in [3.05, 3.63) is 23.8 Å². The molecule has 1 rings (SSSR count). The second kappa shape index (κ2) is 3.04. The summed E-state index contributed by atoms with van der Waals surface area (Å²) in [7, 11) is 0. The summed E-state index contributed by atoms with van der Waals surface area (Å²) in [4.78, 5) is 20.9. The third kappa shape index (κ3) is 1.42. The Morgan fingerprint density at radius 3 is 2.75 bits per heavy atom. The highest BCUT2D eigenvalue weighted by atomic mass is 16.3. The van der Waals surface area contributed by atoms with Gasteiger partial charge >= 0.3 is 0 Å². The number of benzene rings is 1. The van der Waals surface area contributed by atoms with Crippen LogP contribution in [-0.2, 0) is 4.79 Å². The van der Waals surface area contributed by atoms with Crippen molar-refractivity contribution in [1.29, 1.82) is 0 Å². The van der Waals surface area contributed by atoms with Crippen LogP contribution in [0.3, 0.4) is 0 Å². The van der Waals surface area contributed by atoms with Crippen molar-refractivity contribution in [2.75, 3.05) is 5.73 Å². The quantitative estimate of drug-likeness (QED) is 0.218. The van der Waals surface area contributed by atoms with Gasteiger partial charge in [0.2, 0.25) is 5.78 Å². The van der Waals surface area contributed by atoms with E-state index in [-0.39, 0.29) is 17.6 Å². The van der Waals surface area contributed by atoms with Gasteiger partial charge in [-0.25, -0.2) is 0 Å². The zero-order chi connectivity index (χ0) is 9.14. The maximum atomic E-state index is 10.8. The number of phenolic OH excluding ortho intramolecular Hbond substituents is 1. The first-order valence-corrected chi connectivity index (χ1v) is 3.23. The minimum absolute atomic E-state index is 0.0648. The number of phenols is 1. The van der Waals surface area contributed by atoms with E-state index in [0.29, 0.717) is 5.69 Å². The molecule has 0 atom stereocenters. The van der Waals surface area contributed by atoms with E-state index in [1.165, 1.54) is 18.2 Å². The van der Waals surface area contributed by atoms with Crippen LogP contribution < -0.4 is 5.73 Å². The molecule has 1 aromatic rings. The molecule has 0 aliphatic carbocycles. The molecular weight excluding hydrogens is 158 g/mol. The molecule has 0 spiro atoms. The molecule has 0 saturated heterocycles. The van der Waals surface area contributed by atoms with Crippen LogP contribution >= 0.6 is 0 Å². The van der Waals surface area contributed by atoms with Gasteiger partial charge in [0.05, 0.1) is 5.56 Å². The molecule has 0 saturated carbocycles. The number of rotatable bonds is 2. The topological polar surface area (TPSA) is 80.4 Å². The molecule has 0 aliphatic rings. The Labute approximate surface area is 68.6 Å². The highest BCUT2D eigenvalue weighted by Crippen LogP contribution is 2.19. The minimum atomic E-state index is -0.778. The second-order valence-electron chi connectivity index (χ2n) is 2.26.